The summed E-state index contributed by atoms with van der Waals surface area (Å²) in [4.78, 5) is 29.7. The maximum absolute atomic E-state index is 13.7. The third-order valence-corrected chi connectivity index (χ3v) is 4.76. The lowest BCUT2D eigenvalue weighted by molar-refractivity contribution is 0.240. The van der Waals surface area contributed by atoms with Gasteiger partial charge in [-0.2, -0.15) is 0 Å². The van der Waals surface area contributed by atoms with Crippen molar-refractivity contribution in [1.29, 1.82) is 0 Å². The maximum atomic E-state index is 13.7. The lowest BCUT2D eigenvalue weighted by Gasteiger charge is -2.27. The number of phenols is 1. The molecule has 138 valence electrons. The minimum atomic E-state index is -0.754. The summed E-state index contributed by atoms with van der Waals surface area (Å²) in [6.45, 7) is 1.50. The van der Waals surface area contributed by atoms with Gasteiger partial charge in [0.1, 0.15) is 12.2 Å². The summed E-state index contributed by atoms with van der Waals surface area (Å²) in [6.07, 6.45) is 5.11. The van der Waals surface area contributed by atoms with Crippen LogP contribution in [0, 0.1) is 5.82 Å². The monoisotopic (exact) mass is 387 g/mol. The molecular weight excluding hydrogens is 373 g/mol. The van der Waals surface area contributed by atoms with Crippen molar-refractivity contribution in [2.45, 2.75) is 19.5 Å². The average molecular weight is 388 g/mol. The summed E-state index contributed by atoms with van der Waals surface area (Å²) in [6, 6.07) is 2.79. The Morgan fingerprint density at radius 3 is 2.81 bits per heavy atom. The summed E-state index contributed by atoms with van der Waals surface area (Å²) in [5.41, 5.74) is 2.43. The van der Waals surface area contributed by atoms with Gasteiger partial charge >= 0.3 is 0 Å². The molecule has 1 aromatic carbocycles. The number of rotatable bonds is 3. The van der Waals surface area contributed by atoms with Crippen molar-refractivity contribution in [3.05, 3.63) is 68.9 Å². The largest absolute Gasteiger partial charge is 0.504 e. The predicted molar refractivity (Wildman–Crippen MR) is 96.8 cm³/mol. The Morgan fingerprint density at radius 1 is 1.30 bits per heavy atom. The van der Waals surface area contributed by atoms with E-state index in [0.717, 1.165) is 0 Å². The van der Waals surface area contributed by atoms with Crippen LogP contribution in [0.3, 0.4) is 0 Å². The zero-order chi connectivity index (χ0) is 19.0. The van der Waals surface area contributed by atoms with Crippen LogP contribution < -0.4 is 5.56 Å². The van der Waals surface area contributed by atoms with Crippen LogP contribution in [-0.2, 0) is 19.5 Å². The molecule has 0 bridgehead atoms. The Bertz CT molecular complexity index is 1030. The first-order valence-corrected chi connectivity index (χ1v) is 8.66. The standard InChI is InChI=1S/C18H15ClFN5O2/c19-13-3-10(4-14(20)16(13)26)7-25-2-1-12-15(8-25)23-17(24-18(12)27)11-5-21-9-22-6-11/h3-6,9,26H,1-2,7-8H2,(H,23,24,27). The molecule has 7 nitrogen and oxygen atoms in total. The number of benzene rings is 1. The lowest BCUT2D eigenvalue weighted by Crippen LogP contribution is -2.35. The highest BCUT2D eigenvalue weighted by Gasteiger charge is 2.22. The van der Waals surface area contributed by atoms with Gasteiger partial charge in [0.15, 0.2) is 11.6 Å². The second kappa shape index (κ2) is 7.05. The first kappa shape index (κ1) is 17.6. The summed E-state index contributed by atoms with van der Waals surface area (Å²) < 4.78 is 13.7. The molecule has 0 amide bonds. The zero-order valence-electron chi connectivity index (χ0n) is 14.1. The second-order valence-electron chi connectivity index (χ2n) is 6.34. The second-order valence-corrected chi connectivity index (χ2v) is 6.74. The molecule has 0 saturated heterocycles. The van der Waals surface area contributed by atoms with E-state index >= 15 is 0 Å². The maximum Gasteiger partial charge on any atom is 0.254 e. The van der Waals surface area contributed by atoms with Crippen LogP contribution >= 0.6 is 11.6 Å². The van der Waals surface area contributed by atoms with Gasteiger partial charge in [-0.15, -0.1) is 0 Å². The highest BCUT2D eigenvalue weighted by atomic mass is 35.5. The van der Waals surface area contributed by atoms with Gasteiger partial charge in [-0.1, -0.05) is 11.6 Å². The fourth-order valence-electron chi connectivity index (χ4n) is 3.15. The molecule has 3 aromatic rings. The number of aromatic nitrogens is 4. The summed E-state index contributed by atoms with van der Waals surface area (Å²) >= 11 is 5.85. The molecule has 2 N–H and O–H groups in total. The number of aromatic amines is 1. The Kier molecular flexibility index (Phi) is 4.59. The molecular formula is C18H15ClFN5O2. The number of hydrogen-bond acceptors (Lipinski definition) is 6. The smallest absolute Gasteiger partial charge is 0.254 e. The molecule has 9 heteroatoms. The van der Waals surface area contributed by atoms with Crippen molar-refractivity contribution in [3.63, 3.8) is 0 Å². The molecule has 0 spiro atoms. The van der Waals surface area contributed by atoms with Crippen molar-refractivity contribution < 1.29 is 9.50 Å². The Hall–Kier alpha value is -2.84. The number of fused-ring (bicyclic) bond motifs is 1. The topological polar surface area (TPSA) is 95.0 Å². The van der Waals surface area contributed by atoms with E-state index in [0.29, 0.717) is 54.3 Å². The molecule has 1 aliphatic heterocycles. The van der Waals surface area contributed by atoms with Crippen LogP contribution in [0.5, 0.6) is 5.75 Å². The van der Waals surface area contributed by atoms with E-state index in [2.05, 4.69) is 19.9 Å². The Morgan fingerprint density at radius 2 is 2.07 bits per heavy atom. The first-order chi connectivity index (χ1) is 13.0. The van der Waals surface area contributed by atoms with Crippen LogP contribution in [0.4, 0.5) is 4.39 Å². The van der Waals surface area contributed by atoms with Gasteiger partial charge in [-0.05, 0) is 24.1 Å². The van der Waals surface area contributed by atoms with Crippen LogP contribution in [0.25, 0.3) is 11.4 Å². The van der Waals surface area contributed by atoms with Crippen LogP contribution in [-0.4, -0.2) is 36.5 Å². The molecule has 0 atom stereocenters. The summed E-state index contributed by atoms with van der Waals surface area (Å²) in [5, 5.41) is 9.43. The molecule has 3 heterocycles. The minimum absolute atomic E-state index is 0.0247. The predicted octanol–water partition coefficient (Wildman–Crippen LogP) is 2.28. The van der Waals surface area contributed by atoms with Gasteiger partial charge in [0.2, 0.25) is 0 Å². The van der Waals surface area contributed by atoms with Gasteiger partial charge in [0.05, 0.1) is 16.3 Å². The molecule has 0 unspecified atom stereocenters. The van der Waals surface area contributed by atoms with Crippen molar-refractivity contribution in [2.24, 2.45) is 0 Å². The molecule has 0 radical (unpaired) electrons. The van der Waals surface area contributed by atoms with E-state index in [1.165, 1.54) is 18.5 Å². The fourth-order valence-corrected chi connectivity index (χ4v) is 3.38. The molecule has 0 saturated carbocycles. The molecule has 0 aliphatic carbocycles. The quantitative estimate of drug-likeness (QED) is 0.716. The van der Waals surface area contributed by atoms with E-state index in [4.69, 9.17) is 11.6 Å². The van der Waals surface area contributed by atoms with Crippen molar-refractivity contribution in [2.75, 3.05) is 6.54 Å². The third kappa shape index (κ3) is 3.54. The molecule has 0 fully saturated rings. The number of aromatic hydroxyl groups is 1. The van der Waals surface area contributed by atoms with E-state index in [9.17, 15) is 14.3 Å². The summed E-state index contributed by atoms with van der Waals surface area (Å²) in [7, 11) is 0. The Labute approximate surface area is 158 Å². The number of halogens is 2. The lowest BCUT2D eigenvalue weighted by atomic mass is 10.1. The molecule has 1 aliphatic rings. The van der Waals surface area contributed by atoms with E-state index < -0.39 is 11.6 Å². The van der Waals surface area contributed by atoms with Gasteiger partial charge in [-0.3, -0.25) is 9.69 Å². The zero-order valence-corrected chi connectivity index (χ0v) is 14.9. The van der Waals surface area contributed by atoms with Crippen LogP contribution in [0.2, 0.25) is 5.02 Å². The number of H-pyrrole nitrogens is 1. The normalized spacial score (nSPS) is 14.1. The highest BCUT2D eigenvalue weighted by Crippen LogP contribution is 2.29. The number of nitrogens with one attached hydrogen (secondary N) is 1. The van der Waals surface area contributed by atoms with Crippen molar-refractivity contribution >= 4 is 11.6 Å². The SMILES string of the molecule is O=c1[nH]c(-c2cncnc2)nc2c1CCN(Cc1cc(F)c(O)c(Cl)c1)C2. The summed E-state index contributed by atoms with van der Waals surface area (Å²) in [5.74, 6) is -0.886. The van der Waals surface area contributed by atoms with Crippen molar-refractivity contribution in [1.82, 2.24) is 24.8 Å². The third-order valence-electron chi connectivity index (χ3n) is 4.47. The van der Waals surface area contributed by atoms with Gasteiger partial charge < -0.3 is 10.1 Å². The van der Waals surface area contributed by atoms with Gasteiger partial charge in [-0.25, -0.2) is 19.3 Å². The van der Waals surface area contributed by atoms with Crippen LogP contribution in [0.15, 0.2) is 35.6 Å². The first-order valence-electron chi connectivity index (χ1n) is 8.28. The van der Waals surface area contributed by atoms with Gasteiger partial charge in [0, 0.05) is 37.6 Å². The Balaban J connectivity index is 1.61. The van der Waals surface area contributed by atoms with Crippen LogP contribution in [0.1, 0.15) is 16.8 Å². The average Bonchev–Trinajstić information content (AvgIpc) is 2.66. The molecule has 2 aromatic heterocycles. The van der Waals surface area contributed by atoms with E-state index in [-0.39, 0.29) is 10.6 Å². The minimum Gasteiger partial charge on any atom is -0.504 e. The van der Waals surface area contributed by atoms with Gasteiger partial charge in [0.25, 0.3) is 5.56 Å². The number of nitrogens with zero attached hydrogens (tertiary/aromatic N) is 4. The number of hydrogen-bond donors (Lipinski definition) is 2. The highest BCUT2D eigenvalue weighted by molar-refractivity contribution is 6.32. The van der Waals surface area contributed by atoms with Crippen molar-refractivity contribution in [3.8, 4) is 17.1 Å². The fraction of sp³-hybridized carbons (Fsp3) is 0.222. The van der Waals surface area contributed by atoms with E-state index in [1.54, 1.807) is 12.4 Å². The van der Waals surface area contributed by atoms with E-state index in [1.807, 2.05) is 4.90 Å². The molecule has 4 rings (SSSR count). The molecule has 27 heavy (non-hydrogen) atoms. The number of phenolic OH excluding ortho intramolecular Hbond substituents is 1.